The van der Waals surface area contributed by atoms with Crippen LogP contribution in [0.2, 0.25) is 0 Å². The monoisotopic (exact) mass is 579 g/mol. The zero-order valence-corrected chi connectivity index (χ0v) is 22.8. The van der Waals surface area contributed by atoms with E-state index in [0.717, 1.165) is 17.8 Å². The number of nitrogens with one attached hydrogen (secondary N) is 1. The van der Waals surface area contributed by atoms with Crippen molar-refractivity contribution in [1.29, 1.82) is 0 Å². The van der Waals surface area contributed by atoms with E-state index >= 15 is 0 Å². The average Bonchev–Trinajstić information content (AvgIpc) is 3.15. The number of thioether (sulfide) groups is 1. The Morgan fingerprint density at radius 1 is 1.13 bits per heavy atom. The lowest BCUT2D eigenvalue weighted by Gasteiger charge is -2.31. The molecule has 0 radical (unpaired) electrons. The number of amides is 2. The van der Waals surface area contributed by atoms with Crippen molar-refractivity contribution < 1.29 is 35.9 Å². The van der Waals surface area contributed by atoms with Gasteiger partial charge in [-0.25, -0.2) is 0 Å². The molecule has 0 spiro atoms. The molecule has 14 heteroatoms. The van der Waals surface area contributed by atoms with Gasteiger partial charge in [0.2, 0.25) is 5.91 Å². The van der Waals surface area contributed by atoms with Crippen molar-refractivity contribution in [2.75, 3.05) is 47.8 Å². The minimum atomic E-state index is -4.91. The molecular weight excluding hydrogens is 548 g/mol. The zero-order chi connectivity index (χ0) is 29.1. The van der Waals surface area contributed by atoms with Crippen LogP contribution >= 0.6 is 11.8 Å². The third-order valence-corrected chi connectivity index (χ3v) is 7.31. The van der Waals surface area contributed by atoms with Gasteiger partial charge in [-0.2, -0.15) is 31.3 Å². The minimum absolute atomic E-state index is 0.0159. The van der Waals surface area contributed by atoms with Crippen LogP contribution in [0.4, 0.5) is 31.1 Å². The van der Waals surface area contributed by atoms with Crippen LogP contribution in [-0.2, 0) is 23.7 Å². The maximum Gasteiger partial charge on any atom is 0.416 e. The molecule has 2 heterocycles. The number of amidine groups is 1. The van der Waals surface area contributed by atoms with E-state index in [1.807, 2.05) is 25.1 Å². The van der Waals surface area contributed by atoms with Crippen LogP contribution in [0.25, 0.3) is 0 Å². The van der Waals surface area contributed by atoms with E-state index in [1.165, 1.54) is 0 Å². The molecule has 2 amide bonds. The number of nitrogens with zero attached hydrogens (tertiary/aromatic N) is 4. The fourth-order valence-corrected chi connectivity index (χ4v) is 5.21. The van der Waals surface area contributed by atoms with Gasteiger partial charge < -0.3 is 10.2 Å². The Labute approximate surface area is 227 Å². The molecule has 1 aromatic rings. The molecule has 1 aromatic carbocycles. The van der Waals surface area contributed by atoms with Gasteiger partial charge in [0.05, 0.1) is 16.0 Å². The maximum atomic E-state index is 13.5. The molecule has 1 saturated heterocycles. The molecule has 216 valence electrons. The summed E-state index contributed by atoms with van der Waals surface area (Å²) in [7, 11) is 7.23. The number of aliphatic imine (C=N–C) groups is 1. The van der Waals surface area contributed by atoms with E-state index in [1.54, 1.807) is 23.9 Å². The number of rotatable bonds is 7. The molecule has 1 N–H and O–H groups in total. The highest BCUT2D eigenvalue weighted by Crippen LogP contribution is 2.38. The predicted octanol–water partition coefficient (Wildman–Crippen LogP) is 4.69. The predicted molar refractivity (Wildman–Crippen MR) is 137 cm³/mol. The van der Waals surface area contributed by atoms with E-state index < -0.39 is 34.8 Å². The number of piperidine rings is 1. The van der Waals surface area contributed by atoms with Gasteiger partial charge in [0, 0.05) is 13.1 Å². The molecule has 3 rings (SSSR count). The summed E-state index contributed by atoms with van der Waals surface area (Å²) in [6.07, 6.45) is -6.82. The lowest BCUT2D eigenvalue weighted by Crippen LogP contribution is -2.50. The number of halogens is 6. The van der Waals surface area contributed by atoms with Gasteiger partial charge >= 0.3 is 17.6 Å². The Morgan fingerprint density at radius 3 is 2.31 bits per heavy atom. The summed E-state index contributed by atoms with van der Waals surface area (Å²) in [4.78, 5) is 34.7. The zero-order valence-electron chi connectivity index (χ0n) is 22.0. The number of benzene rings is 1. The number of hydrogen-bond acceptors (Lipinski definition) is 6. The summed E-state index contributed by atoms with van der Waals surface area (Å²) < 4.78 is 79.4. The van der Waals surface area contributed by atoms with E-state index in [0.29, 0.717) is 43.4 Å². The second-order valence-corrected chi connectivity index (χ2v) is 11.1. The number of likely N-dealkylation sites (tertiary alicyclic amines) is 1. The Morgan fingerprint density at radius 2 is 1.77 bits per heavy atom. The van der Waals surface area contributed by atoms with Crippen molar-refractivity contribution in [3.63, 3.8) is 0 Å². The Balaban J connectivity index is 1.65. The van der Waals surface area contributed by atoms with E-state index in [2.05, 4.69) is 10.3 Å². The topological polar surface area (TPSA) is 68.2 Å². The van der Waals surface area contributed by atoms with Crippen LogP contribution in [0.3, 0.4) is 0 Å². The Hall–Kier alpha value is -2.42. The summed E-state index contributed by atoms with van der Waals surface area (Å²) in [5.41, 5.74) is -2.84. The van der Waals surface area contributed by atoms with Gasteiger partial charge in [-0.1, -0.05) is 12.1 Å². The third kappa shape index (κ3) is 8.53. The van der Waals surface area contributed by atoms with Crippen LogP contribution in [0.5, 0.6) is 0 Å². The molecule has 0 aliphatic carbocycles. The number of allylic oxidation sites excluding steroid dienone is 1. The first-order valence-corrected chi connectivity index (χ1v) is 13.0. The van der Waals surface area contributed by atoms with Crippen molar-refractivity contribution in [2.24, 2.45) is 10.9 Å². The average molecular weight is 580 g/mol. The number of alkyl halides is 6. The molecule has 39 heavy (non-hydrogen) atoms. The SMILES string of the molecule is CN(C)C[C@@H](C(=O)NC1=NC(=O)S/C1=C\C1CCN(Cc2ccc(C(F)(F)F)cc2C(F)(F)F)CC1)N(C)C. The normalized spacial score (nSPS) is 19.7. The molecule has 0 aromatic heterocycles. The quantitative estimate of drug-likeness (QED) is 0.473. The number of hydrogen-bond donors (Lipinski definition) is 1. The summed E-state index contributed by atoms with van der Waals surface area (Å²) in [6, 6.07) is 1.25. The van der Waals surface area contributed by atoms with Gasteiger partial charge in [-0.3, -0.25) is 19.4 Å². The fraction of sp³-hybridized carbons (Fsp3) is 0.560. The van der Waals surface area contributed by atoms with Crippen molar-refractivity contribution in [1.82, 2.24) is 20.0 Å². The van der Waals surface area contributed by atoms with Crippen molar-refractivity contribution in [2.45, 2.75) is 37.8 Å². The van der Waals surface area contributed by atoms with Crippen LogP contribution in [0.1, 0.15) is 29.5 Å². The van der Waals surface area contributed by atoms with Gasteiger partial charge in [0.1, 0.15) is 6.04 Å². The molecule has 0 unspecified atom stereocenters. The molecule has 2 aliphatic heterocycles. The van der Waals surface area contributed by atoms with E-state index in [9.17, 15) is 35.9 Å². The van der Waals surface area contributed by atoms with Gasteiger partial charge in [-0.15, -0.1) is 0 Å². The maximum absolute atomic E-state index is 13.5. The lowest BCUT2D eigenvalue weighted by molar-refractivity contribution is -0.143. The molecule has 0 saturated carbocycles. The van der Waals surface area contributed by atoms with Gasteiger partial charge in [-0.05, 0) is 89.5 Å². The first kappa shape index (κ1) is 31.1. The Kier molecular flexibility index (Phi) is 9.89. The second-order valence-electron chi connectivity index (χ2n) is 10.1. The Bertz CT molecular complexity index is 1120. The molecular formula is C25H31F6N5O2S. The first-order valence-electron chi connectivity index (χ1n) is 12.2. The highest BCUT2D eigenvalue weighted by Gasteiger charge is 2.38. The number of carbonyl (C=O) groups is 2. The van der Waals surface area contributed by atoms with Crippen LogP contribution in [0.15, 0.2) is 34.2 Å². The molecule has 0 bridgehead atoms. The van der Waals surface area contributed by atoms with Crippen LogP contribution in [0, 0.1) is 5.92 Å². The standard InChI is InChI=1S/C25H31F6N5O2S/c1-34(2)14-19(35(3)4)22(37)32-21-20(39-23(38)33-21)11-15-7-9-36(10-8-15)13-16-5-6-17(24(26,27)28)12-18(16)25(29,30)31/h5-6,11-12,15,19H,7-10,13-14H2,1-4H3,(H,32,33,37,38)/b20-11-/t19-/m0/s1. The van der Waals surface area contributed by atoms with E-state index in [4.69, 9.17) is 0 Å². The largest absolute Gasteiger partial charge is 0.416 e. The summed E-state index contributed by atoms with van der Waals surface area (Å²) in [5.74, 6) is -0.138. The fourth-order valence-electron chi connectivity index (χ4n) is 4.43. The van der Waals surface area contributed by atoms with Gasteiger partial charge in [0.15, 0.2) is 5.84 Å². The number of carbonyl (C=O) groups excluding carboxylic acids is 2. The number of likely N-dealkylation sites (N-methyl/N-ethyl adjacent to an activating group) is 2. The second kappa shape index (κ2) is 12.4. The molecule has 7 nitrogen and oxygen atoms in total. The highest BCUT2D eigenvalue weighted by atomic mass is 32.2. The smallest absolute Gasteiger partial charge is 0.308 e. The highest BCUT2D eigenvalue weighted by molar-refractivity contribution is 8.18. The third-order valence-electron chi connectivity index (χ3n) is 6.50. The molecule has 1 fully saturated rings. The summed E-state index contributed by atoms with van der Waals surface area (Å²) in [5, 5.41) is 2.29. The van der Waals surface area contributed by atoms with Crippen molar-refractivity contribution in [3.8, 4) is 0 Å². The molecule has 2 aliphatic rings. The summed E-state index contributed by atoms with van der Waals surface area (Å²) >= 11 is 0.904. The summed E-state index contributed by atoms with van der Waals surface area (Å²) in [6.45, 7) is 1.15. The first-order chi connectivity index (χ1) is 18.0. The minimum Gasteiger partial charge on any atom is -0.308 e. The van der Waals surface area contributed by atoms with Crippen molar-refractivity contribution in [3.05, 3.63) is 45.9 Å². The van der Waals surface area contributed by atoms with Crippen molar-refractivity contribution >= 4 is 28.7 Å². The van der Waals surface area contributed by atoms with E-state index in [-0.39, 0.29) is 35.8 Å². The lowest BCUT2D eigenvalue weighted by atomic mass is 9.95. The van der Waals surface area contributed by atoms with Crippen LogP contribution in [-0.4, -0.2) is 85.5 Å². The molecule has 1 atom stereocenters. The van der Waals surface area contributed by atoms with Crippen LogP contribution < -0.4 is 5.32 Å². The van der Waals surface area contributed by atoms with Gasteiger partial charge in [0.25, 0.3) is 0 Å².